The molecule has 2 aromatic carbocycles. The van der Waals surface area contributed by atoms with Crippen molar-refractivity contribution in [3.63, 3.8) is 0 Å². The summed E-state index contributed by atoms with van der Waals surface area (Å²) < 4.78 is 11.7. The lowest BCUT2D eigenvalue weighted by atomic mass is 10.1. The van der Waals surface area contributed by atoms with Gasteiger partial charge in [0.15, 0.2) is 11.9 Å². The van der Waals surface area contributed by atoms with Crippen LogP contribution in [0, 0.1) is 0 Å². The molecule has 1 heterocycles. The van der Waals surface area contributed by atoms with Gasteiger partial charge in [0.2, 0.25) is 0 Å². The molecule has 0 fully saturated rings. The zero-order valence-electron chi connectivity index (χ0n) is 18.4. The van der Waals surface area contributed by atoms with Crippen molar-refractivity contribution in [2.45, 2.75) is 12.8 Å². The number of thiophene rings is 1. The molecule has 33 heavy (non-hydrogen) atoms. The fourth-order valence-electron chi connectivity index (χ4n) is 3.05. The van der Waals surface area contributed by atoms with Crippen molar-refractivity contribution in [1.29, 1.82) is 0 Å². The molecule has 0 radical (unpaired) electrons. The smallest absolute Gasteiger partial charge is 0.185 e. The molecule has 0 atom stereocenters. The molecular formula is C24H30N6O2S. The third-order valence-corrected chi connectivity index (χ3v) is 5.76. The van der Waals surface area contributed by atoms with Crippen molar-refractivity contribution < 1.29 is 9.47 Å². The molecule has 0 aliphatic rings. The van der Waals surface area contributed by atoms with Gasteiger partial charge in [0.05, 0.1) is 13.2 Å². The molecular weight excluding hydrogens is 436 g/mol. The molecule has 3 aromatic rings. The number of hydrogen-bond acceptors (Lipinski definition) is 5. The maximum absolute atomic E-state index is 5.84. The van der Waals surface area contributed by atoms with E-state index in [1.165, 1.54) is 9.75 Å². The van der Waals surface area contributed by atoms with Crippen LogP contribution < -0.4 is 32.4 Å². The molecule has 0 saturated heterocycles. The summed E-state index contributed by atoms with van der Waals surface area (Å²) in [5, 5.41) is 0. The quantitative estimate of drug-likeness (QED) is 0.183. The Morgan fingerprint density at radius 2 is 1.12 bits per heavy atom. The SMILES string of the molecule is NC(N)=NCCCOc1cccc(-c2ccc(-c3cccc(OCCCN=C(N)N)c3)s2)c1. The lowest BCUT2D eigenvalue weighted by Crippen LogP contribution is -2.23. The summed E-state index contributed by atoms with van der Waals surface area (Å²) >= 11 is 1.72. The average Bonchev–Trinajstić information content (AvgIpc) is 3.29. The molecule has 3 rings (SSSR count). The summed E-state index contributed by atoms with van der Waals surface area (Å²) in [6.45, 7) is 2.20. The molecule has 9 heteroatoms. The van der Waals surface area contributed by atoms with Crippen molar-refractivity contribution >= 4 is 23.3 Å². The van der Waals surface area contributed by atoms with E-state index in [4.69, 9.17) is 32.4 Å². The second kappa shape index (κ2) is 12.4. The molecule has 174 valence electrons. The largest absolute Gasteiger partial charge is 0.494 e. The Hall–Kier alpha value is -3.72. The van der Waals surface area contributed by atoms with Crippen LogP contribution in [0.5, 0.6) is 11.5 Å². The van der Waals surface area contributed by atoms with E-state index in [-0.39, 0.29) is 11.9 Å². The summed E-state index contributed by atoms with van der Waals surface area (Å²) in [5.41, 5.74) is 23.6. The Morgan fingerprint density at radius 1 is 0.667 bits per heavy atom. The van der Waals surface area contributed by atoms with E-state index in [2.05, 4.69) is 34.3 Å². The summed E-state index contributed by atoms with van der Waals surface area (Å²) in [7, 11) is 0. The number of aliphatic imine (C=N–C) groups is 2. The number of nitrogens with two attached hydrogens (primary N) is 4. The van der Waals surface area contributed by atoms with Crippen LogP contribution in [-0.2, 0) is 0 Å². The van der Waals surface area contributed by atoms with E-state index in [9.17, 15) is 0 Å². The van der Waals surface area contributed by atoms with Gasteiger partial charge in [0, 0.05) is 35.7 Å². The van der Waals surface area contributed by atoms with Crippen LogP contribution in [0.3, 0.4) is 0 Å². The fraction of sp³-hybridized carbons (Fsp3) is 0.250. The molecule has 0 saturated carbocycles. The highest BCUT2D eigenvalue weighted by molar-refractivity contribution is 7.18. The second-order valence-corrected chi connectivity index (χ2v) is 8.32. The van der Waals surface area contributed by atoms with Gasteiger partial charge in [-0.25, -0.2) is 0 Å². The Morgan fingerprint density at radius 3 is 1.55 bits per heavy atom. The van der Waals surface area contributed by atoms with Gasteiger partial charge in [-0.1, -0.05) is 24.3 Å². The topological polar surface area (TPSA) is 147 Å². The van der Waals surface area contributed by atoms with Gasteiger partial charge in [-0.05, 0) is 47.5 Å². The minimum atomic E-state index is 0.102. The maximum atomic E-state index is 5.84. The van der Waals surface area contributed by atoms with Crippen molar-refractivity contribution in [2.24, 2.45) is 32.9 Å². The lowest BCUT2D eigenvalue weighted by Gasteiger charge is -2.07. The van der Waals surface area contributed by atoms with Crippen LogP contribution in [0.2, 0.25) is 0 Å². The van der Waals surface area contributed by atoms with Gasteiger partial charge >= 0.3 is 0 Å². The highest BCUT2D eigenvalue weighted by Crippen LogP contribution is 2.36. The first-order valence-corrected chi connectivity index (χ1v) is 11.5. The van der Waals surface area contributed by atoms with E-state index < -0.39 is 0 Å². The Labute approximate surface area is 197 Å². The summed E-state index contributed by atoms with van der Waals surface area (Å²) in [6.07, 6.45) is 1.50. The van der Waals surface area contributed by atoms with Crippen molar-refractivity contribution in [3.05, 3.63) is 60.7 Å². The number of rotatable bonds is 12. The standard InChI is InChI=1S/C24H30N6O2S/c25-23(26)29-11-3-13-31-19-7-1-5-17(15-19)21-9-10-22(33-21)18-6-2-8-20(16-18)32-14-4-12-30-24(27)28/h1-2,5-10,15-16H,3-4,11-14H2,(H4,25,26,29)(H4,27,28,30). The van der Waals surface area contributed by atoms with Gasteiger partial charge in [-0.2, -0.15) is 0 Å². The molecule has 0 aliphatic heterocycles. The maximum Gasteiger partial charge on any atom is 0.185 e. The summed E-state index contributed by atoms with van der Waals surface area (Å²) in [5.74, 6) is 1.85. The van der Waals surface area contributed by atoms with Crippen molar-refractivity contribution in [2.75, 3.05) is 26.3 Å². The first-order chi connectivity index (χ1) is 16.0. The number of hydrogen-bond donors (Lipinski definition) is 4. The third-order valence-electron chi connectivity index (χ3n) is 4.57. The minimum Gasteiger partial charge on any atom is -0.494 e. The first-order valence-electron chi connectivity index (χ1n) is 10.7. The normalized spacial score (nSPS) is 10.4. The summed E-state index contributed by atoms with van der Waals surface area (Å²) in [4.78, 5) is 10.3. The minimum absolute atomic E-state index is 0.102. The van der Waals surface area contributed by atoms with Crippen LogP contribution in [0.25, 0.3) is 20.9 Å². The van der Waals surface area contributed by atoms with E-state index in [0.717, 1.165) is 35.5 Å². The van der Waals surface area contributed by atoms with Gasteiger partial charge in [-0.3, -0.25) is 9.98 Å². The predicted molar refractivity (Wildman–Crippen MR) is 137 cm³/mol. The van der Waals surface area contributed by atoms with Gasteiger partial charge < -0.3 is 32.4 Å². The molecule has 0 spiro atoms. The van der Waals surface area contributed by atoms with Crippen LogP contribution >= 0.6 is 11.3 Å². The Balaban J connectivity index is 1.59. The third kappa shape index (κ3) is 8.04. The average molecular weight is 467 g/mol. The molecule has 0 aliphatic carbocycles. The number of benzene rings is 2. The molecule has 0 unspecified atom stereocenters. The van der Waals surface area contributed by atoms with E-state index in [1.807, 2.05) is 36.4 Å². The fourth-order valence-corrected chi connectivity index (χ4v) is 4.05. The van der Waals surface area contributed by atoms with E-state index in [0.29, 0.717) is 26.3 Å². The Bertz CT molecular complexity index is 1000. The van der Waals surface area contributed by atoms with Crippen LogP contribution in [-0.4, -0.2) is 38.2 Å². The van der Waals surface area contributed by atoms with Crippen LogP contribution in [0.15, 0.2) is 70.6 Å². The predicted octanol–water partition coefficient (Wildman–Crippen LogP) is 3.17. The van der Waals surface area contributed by atoms with E-state index in [1.54, 1.807) is 11.3 Å². The van der Waals surface area contributed by atoms with Gasteiger partial charge in [0.25, 0.3) is 0 Å². The number of guanidine groups is 2. The van der Waals surface area contributed by atoms with Gasteiger partial charge in [-0.15, -0.1) is 11.3 Å². The monoisotopic (exact) mass is 466 g/mol. The highest BCUT2D eigenvalue weighted by atomic mass is 32.1. The Kier molecular flexibility index (Phi) is 8.96. The molecule has 8 N–H and O–H groups in total. The molecule has 0 amide bonds. The second-order valence-electron chi connectivity index (χ2n) is 7.24. The van der Waals surface area contributed by atoms with E-state index >= 15 is 0 Å². The van der Waals surface area contributed by atoms with Crippen LogP contribution in [0.1, 0.15) is 12.8 Å². The molecule has 1 aromatic heterocycles. The summed E-state index contributed by atoms with van der Waals surface area (Å²) in [6, 6.07) is 20.4. The lowest BCUT2D eigenvalue weighted by molar-refractivity contribution is 0.313. The molecule has 8 nitrogen and oxygen atoms in total. The number of ether oxygens (including phenoxy) is 2. The zero-order chi connectivity index (χ0) is 23.5. The zero-order valence-corrected chi connectivity index (χ0v) is 19.3. The number of nitrogens with zero attached hydrogens (tertiary/aromatic N) is 2. The van der Waals surface area contributed by atoms with Crippen molar-refractivity contribution in [1.82, 2.24) is 0 Å². The van der Waals surface area contributed by atoms with Crippen molar-refractivity contribution in [3.8, 4) is 32.4 Å². The van der Waals surface area contributed by atoms with Crippen LogP contribution in [0.4, 0.5) is 0 Å². The highest BCUT2D eigenvalue weighted by Gasteiger charge is 2.07. The first kappa shape index (κ1) is 23.9. The van der Waals surface area contributed by atoms with Gasteiger partial charge in [0.1, 0.15) is 11.5 Å². The molecule has 0 bridgehead atoms.